The van der Waals surface area contributed by atoms with Gasteiger partial charge in [0.2, 0.25) is 0 Å². The molecule has 4 aliphatic rings. The summed E-state index contributed by atoms with van der Waals surface area (Å²) >= 11 is 2.07. The molecule has 5 aromatic carbocycles. The number of fused-ring (bicyclic) bond motifs is 8. The Kier molecular flexibility index (Phi) is 9.85. The highest BCUT2D eigenvalue weighted by atomic mass is 32.1. The van der Waals surface area contributed by atoms with Crippen LogP contribution in [0, 0.1) is 6.92 Å². The van der Waals surface area contributed by atoms with E-state index in [0.717, 1.165) is 6.42 Å². The highest BCUT2D eigenvalue weighted by Crippen LogP contribution is 2.55. The van der Waals surface area contributed by atoms with E-state index in [-0.39, 0.29) is 39.2 Å². The predicted molar refractivity (Wildman–Crippen MR) is 287 cm³/mol. The SMILES string of the molecule is CCC(C)c1cc2c3c(c1)N(c1ccc4c(c1)C(C)(C)CCC4(C)C)c1c(sc4cc5c(cc14)C(C)(C)CCC5(C)C)B3c1ccc(C(C)(C)C)cc1N2c1ccc(C(C)(C)C)cc1C. The second kappa shape index (κ2) is 14.4. The van der Waals surface area contributed by atoms with Crippen molar-refractivity contribution in [1.29, 1.82) is 0 Å². The molecule has 0 bridgehead atoms. The first-order valence-electron chi connectivity index (χ1n) is 25.0. The van der Waals surface area contributed by atoms with Gasteiger partial charge in [-0.15, -0.1) is 11.3 Å². The van der Waals surface area contributed by atoms with E-state index in [2.05, 4.69) is 218 Å². The van der Waals surface area contributed by atoms with Crippen LogP contribution in [0.3, 0.4) is 0 Å². The van der Waals surface area contributed by atoms with Crippen LogP contribution in [-0.2, 0) is 32.5 Å². The molecule has 6 aromatic rings. The molecule has 0 radical (unpaired) electrons. The van der Waals surface area contributed by atoms with Crippen LogP contribution >= 0.6 is 11.3 Å². The highest BCUT2D eigenvalue weighted by molar-refractivity contribution is 7.33. The Morgan fingerprint density at radius 1 is 0.585 bits per heavy atom. The average molecular weight is 879 g/mol. The molecule has 1 unspecified atom stereocenters. The topological polar surface area (TPSA) is 6.48 Å². The molecule has 10 rings (SSSR count). The first-order valence-corrected chi connectivity index (χ1v) is 25.9. The first-order chi connectivity index (χ1) is 30.2. The van der Waals surface area contributed by atoms with E-state index in [1.54, 1.807) is 5.56 Å². The molecule has 4 heteroatoms. The minimum Gasteiger partial charge on any atom is -0.311 e. The third-order valence-electron chi connectivity index (χ3n) is 17.1. The van der Waals surface area contributed by atoms with E-state index in [1.807, 2.05) is 0 Å². The third kappa shape index (κ3) is 6.83. The van der Waals surface area contributed by atoms with Crippen molar-refractivity contribution in [3.63, 3.8) is 0 Å². The van der Waals surface area contributed by atoms with E-state index >= 15 is 0 Å². The summed E-state index contributed by atoms with van der Waals surface area (Å²) in [6.45, 7) is 41.2. The highest BCUT2D eigenvalue weighted by Gasteiger charge is 2.48. The number of benzene rings is 5. The summed E-state index contributed by atoms with van der Waals surface area (Å²) in [7, 11) is 0. The summed E-state index contributed by atoms with van der Waals surface area (Å²) in [5.41, 5.74) is 22.9. The number of hydrogen-bond acceptors (Lipinski definition) is 3. The minimum absolute atomic E-state index is 0.00451. The van der Waals surface area contributed by atoms with Gasteiger partial charge in [0.15, 0.2) is 0 Å². The second-order valence-electron chi connectivity index (χ2n) is 25.6. The van der Waals surface area contributed by atoms with Crippen LogP contribution in [0.4, 0.5) is 34.1 Å². The molecule has 1 atom stereocenters. The van der Waals surface area contributed by atoms with Crippen molar-refractivity contribution in [3.05, 3.63) is 123 Å². The van der Waals surface area contributed by atoms with Gasteiger partial charge in [-0.3, -0.25) is 0 Å². The molecule has 2 aliphatic heterocycles. The van der Waals surface area contributed by atoms with E-state index in [4.69, 9.17) is 0 Å². The van der Waals surface area contributed by atoms with E-state index < -0.39 is 0 Å². The van der Waals surface area contributed by atoms with E-state index in [1.165, 1.54) is 125 Å². The summed E-state index contributed by atoms with van der Waals surface area (Å²) in [5, 5.41) is 1.41. The van der Waals surface area contributed by atoms with Crippen LogP contribution in [0.1, 0.15) is 193 Å². The molecule has 1 aromatic heterocycles. The molecule has 2 nitrogen and oxygen atoms in total. The molecule has 0 saturated heterocycles. The third-order valence-corrected chi connectivity index (χ3v) is 18.3. The Morgan fingerprint density at radius 3 is 1.71 bits per heavy atom. The van der Waals surface area contributed by atoms with Crippen molar-refractivity contribution < 1.29 is 0 Å². The van der Waals surface area contributed by atoms with Crippen LogP contribution in [-0.4, -0.2) is 6.71 Å². The van der Waals surface area contributed by atoms with Gasteiger partial charge >= 0.3 is 0 Å². The Balaban J connectivity index is 1.36. The molecular weight excluding hydrogens is 804 g/mol. The van der Waals surface area contributed by atoms with Crippen molar-refractivity contribution in [2.45, 2.75) is 188 Å². The molecule has 3 heterocycles. The van der Waals surface area contributed by atoms with E-state index in [0.29, 0.717) is 5.92 Å². The van der Waals surface area contributed by atoms with Crippen LogP contribution < -0.4 is 25.5 Å². The number of nitrogens with zero attached hydrogens (tertiary/aromatic N) is 2. The van der Waals surface area contributed by atoms with E-state index in [9.17, 15) is 0 Å². The summed E-state index contributed by atoms with van der Waals surface area (Å²) < 4.78 is 2.90. The van der Waals surface area contributed by atoms with Crippen LogP contribution in [0.2, 0.25) is 0 Å². The van der Waals surface area contributed by atoms with Crippen molar-refractivity contribution >= 4 is 78.0 Å². The van der Waals surface area contributed by atoms with Gasteiger partial charge in [-0.2, -0.15) is 0 Å². The lowest BCUT2D eigenvalue weighted by atomic mass is 9.36. The Labute approximate surface area is 397 Å². The standard InChI is InChI=1S/C61H75BN2S/c1-18-36(2)38-30-50-53-51(31-38)64(48-24-20-39(29-37(48)3)56(4,5)6)49-32-40(57(7,8)9)19-23-47(49)62(53)55-54(42-34-45-46(35-52(42)65-55)61(16,17)28-27-60(45,14)15)63(50)41-21-22-43-44(33-41)59(12,13)26-25-58(43,10)11/h19-24,29-36H,18,25-28H2,1-17H3. The minimum atomic E-state index is -0.00451. The molecular formula is C61H75BN2S. The molecule has 0 saturated carbocycles. The lowest BCUT2D eigenvalue weighted by Crippen LogP contribution is -2.60. The zero-order valence-corrected chi connectivity index (χ0v) is 43.8. The normalized spacial score (nSPS) is 19.3. The zero-order valence-electron chi connectivity index (χ0n) is 43.0. The van der Waals surface area contributed by atoms with Gasteiger partial charge in [-0.05, 0) is 181 Å². The second-order valence-corrected chi connectivity index (χ2v) is 26.7. The lowest BCUT2D eigenvalue weighted by Gasteiger charge is -2.45. The molecule has 65 heavy (non-hydrogen) atoms. The maximum Gasteiger partial charge on any atom is 0.264 e. The average Bonchev–Trinajstić information content (AvgIpc) is 3.60. The fraction of sp³-hybridized carbons (Fsp3) is 0.475. The maximum atomic E-state index is 2.77. The quantitative estimate of drug-likeness (QED) is 0.163. The number of hydrogen-bond donors (Lipinski definition) is 0. The van der Waals surface area contributed by atoms with Crippen molar-refractivity contribution in [2.24, 2.45) is 0 Å². The number of anilines is 6. The smallest absolute Gasteiger partial charge is 0.264 e. The maximum absolute atomic E-state index is 2.77. The van der Waals surface area contributed by atoms with Gasteiger partial charge in [-0.25, -0.2) is 0 Å². The lowest BCUT2D eigenvalue weighted by molar-refractivity contribution is 0.332. The molecule has 338 valence electrons. The predicted octanol–water partition coefficient (Wildman–Crippen LogP) is 16.1. The largest absolute Gasteiger partial charge is 0.311 e. The number of aryl methyl sites for hydroxylation is 1. The molecule has 2 aliphatic carbocycles. The van der Waals surface area contributed by atoms with Crippen LogP contribution in [0.25, 0.3) is 10.1 Å². The Morgan fingerprint density at radius 2 is 1.12 bits per heavy atom. The van der Waals surface area contributed by atoms with Crippen molar-refractivity contribution in [2.75, 3.05) is 9.80 Å². The monoisotopic (exact) mass is 879 g/mol. The molecule has 0 N–H and O–H groups in total. The van der Waals surface area contributed by atoms with Gasteiger partial charge in [0, 0.05) is 43.3 Å². The van der Waals surface area contributed by atoms with Crippen LogP contribution in [0.15, 0.2) is 78.9 Å². The molecule has 0 fully saturated rings. The molecule has 0 spiro atoms. The Hall–Kier alpha value is -4.28. The first kappa shape index (κ1) is 44.6. The summed E-state index contributed by atoms with van der Waals surface area (Å²) in [6, 6.07) is 33.0. The zero-order chi connectivity index (χ0) is 46.7. The van der Waals surface area contributed by atoms with Gasteiger partial charge < -0.3 is 9.80 Å². The molecule has 0 amide bonds. The number of thiophene rings is 1. The van der Waals surface area contributed by atoms with Crippen molar-refractivity contribution in [1.82, 2.24) is 0 Å². The summed E-state index contributed by atoms with van der Waals surface area (Å²) in [4.78, 5) is 5.45. The van der Waals surface area contributed by atoms with Crippen molar-refractivity contribution in [3.8, 4) is 0 Å². The fourth-order valence-corrected chi connectivity index (χ4v) is 13.5. The fourth-order valence-electron chi connectivity index (χ4n) is 12.2. The van der Waals surface area contributed by atoms with Gasteiger partial charge in [0.1, 0.15) is 0 Å². The summed E-state index contributed by atoms with van der Waals surface area (Å²) in [5.74, 6) is 0.393. The van der Waals surface area contributed by atoms with Crippen LogP contribution in [0.5, 0.6) is 0 Å². The summed E-state index contributed by atoms with van der Waals surface area (Å²) in [6.07, 6.45) is 5.89. The van der Waals surface area contributed by atoms with Gasteiger partial charge in [0.25, 0.3) is 6.71 Å². The number of rotatable bonds is 4. The Bertz CT molecular complexity index is 2940. The van der Waals surface area contributed by atoms with Gasteiger partial charge in [-0.1, -0.05) is 141 Å². The van der Waals surface area contributed by atoms with Gasteiger partial charge in [0.05, 0.1) is 5.69 Å².